The summed E-state index contributed by atoms with van der Waals surface area (Å²) in [5.74, 6) is 0. The highest BCUT2D eigenvalue weighted by Crippen LogP contribution is 2.29. The lowest BCUT2D eigenvalue weighted by molar-refractivity contribution is 0.373. The van der Waals surface area contributed by atoms with Crippen molar-refractivity contribution < 1.29 is 0 Å². The summed E-state index contributed by atoms with van der Waals surface area (Å²) < 4.78 is 0. The summed E-state index contributed by atoms with van der Waals surface area (Å²) in [4.78, 5) is 5.82. The second-order valence-corrected chi connectivity index (χ2v) is 5.29. The number of hydrogen-bond donors (Lipinski definition) is 1. The Kier molecular flexibility index (Phi) is 3.26. The van der Waals surface area contributed by atoms with E-state index in [0.29, 0.717) is 0 Å². The van der Waals surface area contributed by atoms with Crippen LogP contribution >= 0.6 is 0 Å². The van der Waals surface area contributed by atoms with Crippen LogP contribution in [0.3, 0.4) is 0 Å². The largest absolute Gasteiger partial charge is 0.360 e. The van der Waals surface area contributed by atoms with Gasteiger partial charge in [0, 0.05) is 35.8 Å². The first-order valence-corrected chi connectivity index (χ1v) is 6.87. The van der Waals surface area contributed by atoms with Crippen LogP contribution in [0.4, 0.5) is 0 Å². The van der Waals surface area contributed by atoms with Crippen LogP contribution < -0.4 is 0 Å². The molecular weight excluding hydrogens is 232 g/mol. The number of rotatable bonds is 3. The highest BCUT2D eigenvalue weighted by Gasteiger charge is 2.14. The number of H-pyrrole nitrogens is 1. The van der Waals surface area contributed by atoms with E-state index >= 15 is 0 Å². The average Bonchev–Trinajstić information content (AvgIpc) is 2.84. The standard InChI is InChI=1S/C17H20N2/c1-3-6-13-7-4-9-15-16(11-18-17(13)15)14-8-5-10-19(2)12-14/h3-4,7-9,11,18H,1,5-6,10,12H2,2H3. The van der Waals surface area contributed by atoms with Crippen LogP contribution in [-0.2, 0) is 6.42 Å². The van der Waals surface area contributed by atoms with Crippen molar-refractivity contribution in [1.29, 1.82) is 0 Å². The third-order valence-electron chi connectivity index (χ3n) is 3.85. The molecule has 2 heteroatoms. The molecule has 0 amide bonds. The molecule has 0 saturated carbocycles. The van der Waals surface area contributed by atoms with E-state index < -0.39 is 0 Å². The van der Waals surface area contributed by atoms with Gasteiger partial charge >= 0.3 is 0 Å². The van der Waals surface area contributed by atoms with Crippen LogP contribution in [0, 0.1) is 0 Å². The number of likely N-dealkylation sites (N-methyl/N-ethyl adjacent to an activating group) is 1. The molecule has 0 spiro atoms. The Morgan fingerprint density at radius 1 is 1.42 bits per heavy atom. The summed E-state index contributed by atoms with van der Waals surface area (Å²) >= 11 is 0. The third kappa shape index (κ3) is 2.24. The Hall–Kier alpha value is -1.80. The van der Waals surface area contributed by atoms with Crippen molar-refractivity contribution in [2.24, 2.45) is 0 Å². The topological polar surface area (TPSA) is 19.0 Å². The minimum absolute atomic E-state index is 0.913. The molecule has 0 atom stereocenters. The molecule has 2 nitrogen and oxygen atoms in total. The lowest BCUT2D eigenvalue weighted by atomic mass is 9.99. The molecule has 0 radical (unpaired) electrons. The maximum Gasteiger partial charge on any atom is 0.0496 e. The highest BCUT2D eigenvalue weighted by molar-refractivity contribution is 5.94. The van der Waals surface area contributed by atoms with Crippen molar-refractivity contribution in [3.05, 3.63) is 54.3 Å². The first-order chi connectivity index (χ1) is 9.29. The molecule has 2 heterocycles. The Morgan fingerprint density at radius 3 is 3.11 bits per heavy atom. The van der Waals surface area contributed by atoms with Gasteiger partial charge in [0.25, 0.3) is 0 Å². The molecule has 19 heavy (non-hydrogen) atoms. The number of nitrogens with one attached hydrogen (secondary N) is 1. The number of nitrogens with zero attached hydrogens (tertiary/aromatic N) is 1. The van der Waals surface area contributed by atoms with Gasteiger partial charge in [0.05, 0.1) is 0 Å². The lowest BCUT2D eigenvalue weighted by Gasteiger charge is -2.22. The number of hydrogen-bond acceptors (Lipinski definition) is 1. The summed E-state index contributed by atoms with van der Waals surface area (Å²) in [7, 11) is 2.19. The zero-order valence-electron chi connectivity index (χ0n) is 11.4. The summed E-state index contributed by atoms with van der Waals surface area (Å²) in [6.45, 7) is 6.04. The van der Waals surface area contributed by atoms with Crippen molar-refractivity contribution in [3.8, 4) is 0 Å². The van der Waals surface area contributed by atoms with Crippen molar-refractivity contribution >= 4 is 16.5 Å². The molecule has 1 aromatic carbocycles. The van der Waals surface area contributed by atoms with Crippen molar-refractivity contribution in [1.82, 2.24) is 9.88 Å². The van der Waals surface area contributed by atoms with Gasteiger partial charge in [-0.25, -0.2) is 0 Å². The summed E-state index contributed by atoms with van der Waals surface area (Å²) in [5.41, 5.74) is 5.37. The molecule has 98 valence electrons. The molecule has 1 N–H and O–H groups in total. The van der Waals surface area contributed by atoms with E-state index in [1.807, 2.05) is 6.08 Å². The second-order valence-electron chi connectivity index (χ2n) is 5.29. The molecule has 1 aromatic heterocycles. The molecular formula is C17H20N2. The van der Waals surface area contributed by atoms with Gasteiger partial charge in [0.1, 0.15) is 0 Å². The Bertz CT molecular complexity index is 634. The SMILES string of the molecule is C=CCc1cccc2c(C3=CCCN(C)C3)c[nH]c12. The maximum atomic E-state index is 3.84. The molecule has 0 bridgehead atoms. The van der Waals surface area contributed by atoms with Gasteiger partial charge in [-0.3, -0.25) is 0 Å². The van der Waals surface area contributed by atoms with Crippen molar-refractivity contribution in [2.75, 3.05) is 20.1 Å². The van der Waals surface area contributed by atoms with Crippen LogP contribution in [0.25, 0.3) is 16.5 Å². The smallest absolute Gasteiger partial charge is 0.0496 e. The van der Waals surface area contributed by atoms with Gasteiger partial charge in [-0.2, -0.15) is 0 Å². The summed E-state index contributed by atoms with van der Waals surface area (Å²) in [6.07, 6.45) is 8.55. The second kappa shape index (κ2) is 5.06. The predicted octanol–water partition coefficient (Wildman–Crippen LogP) is 3.62. The molecule has 0 saturated heterocycles. The minimum atomic E-state index is 0.913. The van der Waals surface area contributed by atoms with Crippen LogP contribution in [0.1, 0.15) is 17.5 Å². The fourth-order valence-corrected chi connectivity index (χ4v) is 2.90. The zero-order chi connectivity index (χ0) is 13.2. The zero-order valence-corrected chi connectivity index (χ0v) is 11.4. The van der Waals surface area contributed by atoms with Crippen molar-refractivity contribution in [3.63, 3.8) is 0 Å². The monoisotopic (exact) mass is 252 g/mol. The molecule has 0 fully saturated rings. The molecule has 0 unspecified atom stereocenters. The first-order valence-electron chi connectivity index (χ1n) is 6.87. The number of fused-ring (bicyclic) bond motifs is 1. The summed E-state index contributed by atoms with van der Waals surface area (Å²) in [6, 6.07) is 6.53. The summed E-state index contributed by atoms with van der Waals surface area (Å²) in [5, 5.41) is 1.33. The lowest BCUT2D eigenvalue weighted by Crippen LogP contribution is -2.24. The van der Waals surface area contributed by atoms with E-state index in [-0.39, 0.29) is 0 Å². The van der Waals surface area contributed by atoms with Crippen LogP contribution in [0.2, 0.25) is 0 Å². The Morgan fingerprint density at radius 2 is 2.32 bits per heavy atom. The number of allylic oxidation sites excluding steroid dienone is 1. The highest BCUT2D eigenvalue weighted by atomic mass is 15.1. The Labute approximate surface area is 114 Å². The average molecular weight is 252 g/mol. The van der Waals surface area contributed by atoms with Gasteiger partial charge in [-0.1, -0.05) is 30.4 Å². The predicted molar refractivity (Wildman–Crippen MR) is 82.3 cm³/mol. The minimum Gasteiger partial charge on any atom is -0.360 e. The van der Waals surface area contributed by atoms with Gasteiger partial charge in [0.2, 0.25) is 0 Å². The quantitative estimate of drug-likeness (QED) is 0.827. The van der Waals surface area contributed by atoms with E-state index in [1.165, 1.54) is 27.6 Å². The maximum absolute atomic E-state index is 3.84. The fourth-order valence-electron chi connectivity index (χ4n) is 2.90. The third-order valence-corrected chi connectivity index (χ3v) is 3.85. The number of aromatic nitrogens is 1. The van der Waals surface area contributed by atoms with Gasteiger partial charge < -0.3 is 9.88 Å². The molecule has 3 rings (SSSR count). The number of benzene rings is 1. The normalized spacial score (nSPS) is 16.6. The number of para-hydroxylation sites is 1. The van der Waals surface area contributed by atoms with Crippen molar-refractivity contribution in [2.45, 2.75) is 12.8 Å². The van der Waals surface area contributed by atoms with E-state index in [9.17, 15) is 0 Å². The molecule has 2 aromatic rings. The molecule has 0 aliphatic carbocycles. The van der Waals surface area contributed by atoms with Crippen LogP contribution in [0.15, 0.2) is 43.1 Å². The molecule has 1 aliphatic heterocycles. The van der Waals surface area contributed by atoms with E-state index in [1.54, 1.807) is 0 Å². The number of aromatic amines is 1. The molecule has 1 aliphatic rings. The van der Waals surface area contributed by atoms with Crippen LogP contribution in [-0.4, -0.2) is 30.0 Å². The van der Waals surface area contributed by atoms with Gasteiger partial charge in [-0.05, 0) is 31.0 Å². The van der Waals surface area contributed by atoms with E-state index in [2.05, 4.69) is 54.0 Å². The van der Waals surface area contributed by atoms with E-state index in [0.717, 1.165) is 25.9 Å². The van der Waals surface area contributed by atoms with Gasteiger partial charge in [-0.15, -0.1) is 6.58 Å². The van der Waals surface area contributed by atoms with Crippen LogP contribution in [0.5, 0.6) is 0 Å². The Balaban J connectivity index is 2.08. The first kappa shape index (κ1) is 12.2. The van der Waals surface area contributed by atoms with Gasteiger partial charge in [0.15, 0.2) is 0 Å². The fraction of sp³-hybridized carbons (Fsp3) is 0.294. The van der Waals surface area contributed by atoms with E-state index in [4.69, 9.17) is 0 Å².